The van der Waals surface area contributed by atoms with Gasteiger partial charge in [0.1, 0.15) is 5.75 Å². The van der Waals surface area contributed by atoms with E-state index in [1.807, 2.05) is 24.3 Å². The molecule has 41 heavy (non-hydrogen) atoms. The van der Waals surface area contributed by atoms with E-state index in [2.05, 4.69) is 10.2 Å². The predicted octanol–water partition coefficient (Wildman–Crippen LogP) is 3.56. The number of aliphatic carboxylic acids is 2. The Morgan fingerprint density at radius 1 is 0.902 bits per heavy atom. The van der Waals surface area contributed by atoms with Crippen LogP contribution >= 0.6 is 0 Å². The second kappa shape index (κ2) is 13.7. The fraction of sp³-hybridized carbons (Fsp3) is 0.333. The van der Waals surface area contributed by atoms with Crippen LogP contribution in [0.1, 0.15) is 5.56 Å². The second-order valence-corrected chi connectivity index (χ2v) is 10.1. The van der Waals surface area contributed by atoms with E-state index in [9.17, 15) is 34.8 Å². The maximum atomic E-state index is 13.1. The minimum atomic E-state index is -5.08. The first kappa shape index (κ1) is 33.4. The Kier molecular flexibility index (Phi) is 11.1. The van der Waals surface area contributed by atoms with Gasteiger partial charge in [0.2, 0.25) is 0 Å². The lowest BCUT2D eigenvalue weighted by Crippen LogP contribution is -2.42. The number of carbonyl (C=O) groups is 2. The van der Waals surface area contributed by atoms with Crippen molar-refractivity contribution >= 4 is 32.9 Å². The van der Waals surface area contributed by atoms with Crippen LogP contribution in [-0.2, 0) is 26.2 Å². The largest absolute Gasteiger partial charge is 0.496 e. The lowest BCUT2D eigenvalue weighted by atomic mass is 10.1. The van der Waals surface area contributed by atoms with Gasteiger partial charge in [0, 0.05) is 49.9 Å². The van der Waals surface area contributed by atoms with Gasteiger partial charge in [0.25, 0.3) is 10.0 Å². The number of hydrogen-bond acceptors (Lipinski definition) is 7. The Bertz CT molecular complexity index is 1410. The molecular formula is C24H25F6N3O7S. The number of carboxylic acids is 2. The van der Waals surface area contributed by atoms with Gasteiger partial charge in [-0.15, -0.1) is 0 Å². The Labute approximate surface area is 229 Å². The highest BCUT2D eigenvalue weighted by molar-refractivity contribution is 7.90. The fourth-order valence-corrected chi connectivity index (χ4v) is 4.96. The van der Waals surface area contributed by atoms with E-state index in [0.717, 1.165) is 49.4 Å². The van der Waals surface area contributed by atoms with Crippen LogP contribution in [0.3, 0.4) is 0 Å². The van der Waals surface area contributed by atoms with E-state index in [1.54, 1.807) is 37.6 Å². The average molecular weight is 614 g/mol. The van der Waals surface area contributed by atoms with Gasteiger partial charge in [-0.1, -0.05) is 18.2 Å². The van der Waals surface area contributed by atoms with Crippen molar-refractivity contribution in [1.29, 1.82) is 0 Å². The summed E-state index contributed by atoms with van der Waals surface area (Å²) in [7, 11) is -1.99. The van der Waals surface area contributed by atoms with Gasteiger partial charge >= 0.3 is 24.3 Å². The number of nitrogens with zero attached hydrogens (tertiary/aromatic N) is 2. The number of piperazine rings is 1. The van der Waals surface area contributed by atoms with Crippen molar-refractivity contribution < 1.29 is 59.3 Å². The van der Waals surface area contributed by atoms with Gasteiger partial charge in [0.05, 0.1) is 17.5 Å². The molecule has 0 unspecified atom stereocenters. The number of nitrogens with one attached hydrogen (secondary N) is 1. The molecule has 0 amide bonds. The summed E-state index contributed by atoms with van der Waals surface area (Å²) < 4.78 is 96.6. The normalized spacial score (nSPS) is 14.3. The van der Waals surface area contributed by atoms with Crippen LogP contribution in [0.4, 0.5) is 26.3 Å². The fourth-order valence-electron chi connectivity index (χ4n) is 3.60. The van der Waals surface area contributed by atoms with Gasteiger partial charge in [-0.3, -0.25) is 4.90 Å². The van der Waals surface area contributed by atoms with E-state index in [1.165, 1.54) is 3.97 Å². The van der Waals surface area contributed by atoms with Crippen molar-refractivity contribution in [3.63, 3.8) is 0 Å². The van der Waals surface area contributed by atoms with E-state index in [-0.39, 0.29) is 4.90 Å². The number of rotatable bonds is 5. The van der Waals surface area contributed by atoms with E-state index >= 15 is 0 Å². The molecule has 0 aliphatic carbocycles. The van der Waals surface area contributed by atoms with Crippen molar-refractivity contribution in [2.75, 3.05) is 33.3 Å². The third kappa shape index (κ3) is 9.09. The molecule has 1 aromatic heterocycles. The van der Waals surface area contributed by atoms with Crippen LogP contribution in [0.5, 0.6) is 5.75 Å². The monoisotopic (exact) mass is 613 g/mol. The molecule has 1 aliphatic rings. The summed E-state index contributed by atoms with van der Waals surface area (Å²) in [6, 6.07) is 14.1. The number of aromatic nitrogens is 1. The van der Waals surface area contributed by atoms with Gasteiger partial charge < -0.3 is 20.3 Å². The van der Waals surface area contributed by atoms with Gasteiger partial charge in [0.15, 0.2) is 0 Å². The maximum Gasteiger partial charge on any atom is 0.490 e. The predicted molar refractivity (Wildman–Crippen MR) is 133 cm³/mol. The summed E-state index contributed by atoms with van der Waals surface area (Å²) in [4.78, 5) is 20.4. The summed E-state index contributed by atoms with van der Waals surface area (Å²) in [6.45, 7) is 4.58. The highest BCUT2D eigenvalue weighted by Crippen LogP contribution is 2.32. The van der Waals surface area contributed by atoms with Gasteiger partial charge in [-0.2, -0.15) is 26.3 Å². The molecule has 0 spiro atoms. The Hall–Kier alpha value is -3.83. The van der Waals surface area contributed by atoms with Gasteiger partial charge in [-0.25, -0.2) is 22.0 Å². The Morgan fingerprint density at radius 3 is 1.88 bits per heavy atom. The summed E-state index contributed by atoms with van der Waals surface area (Å²) in [5, 5.41) is 18.5. The molecule has 1 saturated heterocycles. The second-order valence-electron chi connectivity index (χ2n) is 8.24. The minimum Gasteiger partial charge on any atom is -0.496 e. The van der Waals surface area contributed by atoms with Crippen LogP contribution in [0.25, 0.3) is 10.9 Å². The first-order valence-electron chi connectivity index (χ1n) is 11.5. The molecule has 0 radical (unpaired) electrons. The summed E-state index contributed by atoms with van der Waals surface area (Å²) in [5.74, 6) is -4.73. The molecule has 3 N–H and O–H groups in total. The highest BCUT2D eigenvalue weighted by Gasteiger charge is 2.38. The standard InChI is InChI=1S/C20H23N3O3S.2C2HF3O2/c1-26-20-8-7-19-17(18(20)15-22-13-10-21-11-14-22)9-12-23(19)27(24,25)16-5-3-2-4-6-16;2*3-2(4,5)1(6)7/h2-9,12,21H,10-11,13-15H2,1H3;2*(H,6,7). The molecule has 2 aromatic carbocycles. The number of carboxylic acid groups (broad SMARTS) is 2. The summed E-state index contributed by atoms with van der Waals surface area (Å²) >= 11 is 0. The molecule has 0 saturated carbocycles. The lowest BCUT2D eigenvalue weighted by molar-refractivity contribution is -0.193. The quantitative estimate of drug-likeness (QED) is 0.369. The zero-order chi connectivity index (χ0) is 31.0. The van der Waals surface area contributed by atoms with E-state index in [4.69, 9.17) is 24.5 Å². The maximum absolute atomic E-state index is 13.1. The van der Waals surface area contributed by atoms with Crippen molar-refractivity contribution in [2.24, 2.45) is 0 Å². The first-order valence-corrected chi connectivity index (χ1v) is 12.9. The minimum absolute atomic E-state index is 0.280. The van der Waals surface area contributed by atoms with Crippen LogP contribution in [0, 0.1) is 0 Å². The highest BCUT2D eigenvalue weighted by atomic mass is 32.2. The number of benzene rings is 2. The molecule has 1 fully saturated rings. The SMILES string of the molecule is COc1ccc2c(ccn2S(=O)(=O)c2ccccc2)c1CN1CCNCC1.O=C(O)C(F)(F)F.O=C(O)C(F)(F)F. The molecule has 4 rings (SSSR count). The van der Waals surface area contributed by atoms with Crippen LogP contribution in [-0.4, -0.2) is 85.1 Å². The number of fused-ring (bicyclic) bond motifs is 1. The number of hydrogen-bond donors (Lipinski definition) is 3. The van der Waals surface area contributed by atoms with Crippen LogP contribution in [0.2, 0.25) is 0 Å². The van der Waals surface area contributed by atoms with Crippen molar-refractivity contribution in [1.82, 2.24) is 14.2 Å². The molecule has 10 nitrogen and oxygen atoms in total. The lowest BCUT2D eigenvalue weighted by Gasteiger charge is -2.28. The van der Waals surface area contributed by atoms with E-state index in [0.29, 0.717) is 5.52 Å². The molecule has 17 heteroatoms. The third-order valence-electron chi connectivity index (χ3n) is 5.50. The molecule has 226 valence electrons. The molecule has 1 aliphatic heterocycles. The van der Waals surface area contributed by atoms with Gasteiger partial charge in [-0.05, 0) is 30.3 Å². The zero-order valence-corrected chi connectivity index (χ0v) is 22.1. The smallest absolute Gasteiger partial charge is 0.490 e. The Balaban J connectivity index is 0.000000349. The van der Waals surface area contributed by atoms with Crippen LogP contribution < -0.4 is 10.1 Å². The number of alkyl halides is 6. The number of halogens is 6. The van der Waals surface area contributed by atoms with Crippen molar-refractivity contribution in [2.45, 2.75) is 23.8 Å². The van der Waals surface area contributed by atoms with Crippen molar-refractivity contribution in [3.05, 3.63) is 60.3 Å². The topological polar surface area (TPSA) is 138 Å². The van der Waals surface area contributed by atoms with Crippen molar-refractivity contribution in [3.8, 4) is 5.75 Å². The molecule has 3 aromatic rings. The molecular weight excluding hydrogens is 588 g/mol. The summed E-state index contributed by atoms with van der Waals surface area (Å²) in [6.07, 6.45) is -8.53. The average Bonchev–Trinajstić information content (AvgIpc) is 3.35. The molecule has 0 atom stereocenters. The van der Waals surface area contributed by atoms with E-state index < -0.39 is 34.3 Å². The number of ether oxygens (including phenoxy) is 1. The molecule has 2 heterocycles. The third-order valence-corrected chi connectivity index (χ3v) is 7.21. The number of methoxy groups -OCH3 is 1. The Morgan fingerprint density at radius 2 is 1.41 bits per heavy atom. The zero-order valence-electron chi connectivity index (χ0n) is 21.2. The molecule has 0 bridgehead atoms. The van der Waals surface area contributed by atoms with Crippen LogP contribution in [0.15, 0.2) is 59.6 Å². The summed E-state index contributed by atoms with van der Waals surface area (Å²) in [5.41, 5.74) is 1.70. The first-order chi connectivity index (χ1) is 19.0.